The summed E-state index contributed by atoms with van der Waals surface area (Å²) in [5.74, 6) is -0.818. The highest BCUT2D eigenvalue weighted by Gasteiger charge is 2.26. The van der Waals surface area contributed by atoms with Crippen LogP contribution in [0.1, 0.15) is 10.4 Å². The molecule has 1 fully saturated rings. The molecule has 0 atom stereocenters. The van der Waals surface area contributed by atoms with Gasteiger partial charge in [-0.2, -0.15) is 0 Å². The first-order valence-electron chi connectivity index (χ1n) is 8.46. The van der Waals surface area contributed by atoms with E-state index in [0.29, 0.717) is 36.9 Å². The Labute approximate surface area is 166 Å². The summed E-state index contributed by atoms with van der Waals surface area (Å²) < 4.78 is 13.1. The quantitative estimate of drug-likeness (QED) is 0.839. The first-order valence-corrected chi connectivity index (χ1v) is 9.22. The summed E-state index contributed by atoms with van der Waals surface area (Å²) in [7, 11) is 0. The van der Waals surface area contributed by atoms with Crippen LogP contribution in [-0.4, -0.2) is 54.3 Å². The number of carbonyl (C=O) groups excluding carboxylic acids is 2. The third-order valence-corrected chi connectivity index (χ3v) is 5.03. The van der Waals surface area contributed by atoms with Crippen molar-refractivity contribution in [3.63, 3.8) is 0 Å². The van der Waals surface area contributed by atoms with Crippen LogP contribution >= 0.6 is 23.2 Å². The summed E-state index contributed by atoms with van der Waals surface area (Å²) in [6, 6.07) is 10.9. The van der Waals surface area contributed by atoms with Crippen LogP contribution in [0.15, 0.2) is 42.5 Å². The lowest BCUT2D eigenvalue weighted by Crippen LogP contribution is -2.51. The fourth-order valence-electron chi connectivity index (χ4n) is 2.88. The zero-order chi connectivity index (χ0) is 19.4. The fourth-order valence-corrected chi connectivity index (χ4v) is 3.33. The highest BCUT2D eigenvalue weighted by Crippen LogP contribution is 2.21. The number of para-hydroxylation sites is 1. The van der Waals surface area contributed by atoms with Gasteiger partial charge >= 0.3 is 0 Å². The lowest BCUT2D eigenvalue weighted by atomic mass is 10.1. The van der Waals surface area contributed by atoms with E-state index in [9.17, 15) is 14.0 Å². The van der Waals surface area contributed by atoms with E-state index in [4.69, 9.17) is 23.2 Å². The lowest BCUT2D eigenvalue weighted by Gasteiger charge is -2.35. The Hall–Kier alpha value is -2.31. The van der Waals surface area contributed by atoms with Crippen LogP contribution in [0.25, 0.3) is 0 Å². The molecule has 5 nitrogen and oxygen atoms in total. The predicted octanol–water partition coefficient (Wildman–Crippen LogP) is 3.53. The van der Waals surface area contributed by atoms with Crippen molar-refractivity contribution < 1.29 is 14.0 Å². The summed E-state index contributed by atoms with van der Waals surface area (Å²) in [5, 5.41) is 3.66. The first kappa shape index (κ1) is 19.5. The van der Waals surface area contributed by atoms with Gasteiger partial charge in [0, 0.05) is 26.2 Å². The van der Waals surface area contributed by atoms with E-state index in [1.165, 1.54) is 12.1 Å². The van der Waals surface area contributed by atoms with E-state index in [0.717, 1.165) is 6.07 Å². The van der Waals surface area contributed by atoms with Crippen molar-refractivity contribution in [3.8, 4) is 0 Å². The normalized spacial score (nSPS) is 14.2. The molecule has 3 rings (SSSR count). The van der Waals surface area contributed by atoms with Crippen molar-refractivity contribution in [1.82, 2.24) is 9.80 Å². The van der Waals surface area contributed by atoms with E-state index < -0.39 is 5.82 Å². The Bertz CT molecular complexity index is 855. The minimum absolute atomic E-state index is 0.0677. The highest BCUT2D eigenvalue weighted by atomic mass is 35.5. The van der Waals surface area contributed by atoms with Crippen molar-refractivity contribution >= 4 is 40.7 Å². The monoisotopic (exact) mass is 409 g/mol. The number of benzene rings is 2. The Morgan fingerprint density at radius 3 is 2.30 bits per heavy atom. The Balaban J connectivity index is 1.53. The Morgan fingerprint density at radius 2 is 1.63 bits per heavy atom. The molecule has 1 aliphatic heterocycles. The molecule has 0 aliphatic carbocycles. The number of amides is 2. The van der Waals surface area contributed by atoms with E-state index in [1.54, 1.807) is 21.9 Å². The largest absolute Gasteiger partial charge is 0.375 e. The molecule has 27 heavy (non-hydrogen) atoms. The summed E-state index contributed by atoms with van der Waals surface area (Å²) in [5.41, 5.74) is 0.963. The molecule has 1 heterocycles. The zero-order valence-electron chi connectivity index (χ0n) is 14.4. The van der Waals surface area contributed by atoms with Crippen LogP contribution in [0.2, 0.25) is 10.0 Å². The minimum Gasteiger partial charge on any atom is -0.375 e. The van der Waals surface area contributed by atoms with Crippen LogP contribution in [0.5, 0.6) is 0 Å². The maximum atomic E-state index is 13.1. The second kappa shape index (κ2) is 8.59. The van der Waals surface area contributed by atoms with Crippen molar-refractivity contribution in [2.75, 3.05) is 38.0 Å². The van der Waals surface area contributed by atoms with Gasteiger partial charge in [0.2, 0.25) is 5.91 Å². The lowest BCUT2D eigenvalue weighted by molar-refractivity contribution is -0.130. The molecule has 8 heteroatoms. The van der Waals surface area contributed by atoms with E-state index in [1.807, 2.05) is 12.1 Å². The van der Waals surface area contributed by atoms with Crippen LogP contribution in [-0.2, 0) is 4.79 Å². The molecule has 2 aromatic rings. The number of hydrogen-bond donors (Lipinski definition) is 1. The third-order valence-electron chi connectivity index (χ3n) is 4.39. The van der Waals surface area contributed by atoms with Gasteiger partial charge in [0.15, 0.2) is 0 Å². The molecule has 0 aromatic heterocycles. The molecule has 1 aliphatic rings. The molecule has 142 valence electrons. The van der Waals surface area contributed by atoms with Gasteiger partial charge in [-0.25, -0.2) is 4.39 Å². The average Bonchev–Trinajstić information content (AvgIpc) is 2.67. The standard InChI is InChI=1S/C19H18Cl2FN3O2/c20-15-3-1-2-4-17(15)23-12-18(26)24-7-9-25(10-8-24)19(27)14-6-5-13(22)11-16(14)21/h1-6,11,23H,7-10,12H2. The number of rotatable bonds is 4. The number of carbonyl (C=O) groups is 2. The maximum Gasteiger partial charge on any atom is 0.255 e. The molecule has 0 radical (unpaired) electrons. The van der Waals surface area contributed by atoms with Gasteiger partial charge in [-0.1, -0.05) is 35.3 Å². The topological polar surface area (TPSA) is 52.7 Å². The first-order chi connectivity index (χ1) is 13.0. The predicted molar refractivity (Wildman–Crippen MR) is 104 cm³/mol. The molecule has 2 amide bonds. The van der Waals surface area contributed by atoms with Crippen LogP contribution < -0.4 is 5.32 Å². The molecule has 0 unspecified atom stereocenters. The minimum atomic E-state index is -0.488. The molecule has 2 aromatic carbocycles. The molecule has 0 saturated carbocycles. The fraction of sp³-hybridized carbons (Fsp3) is 0.263. The van der Waals surface area contributed by atoms with Crippen molar-refractivity contribution in [3.05, 3.63) is 63.9 Å². The van der Waals surface area contributed by atoms with Gasteiger partial charge in [0.05, 0.1) is 27.8 Å². The number of nitrogens with zero attached hydrogens (tertiary/aromatic N) is 2. The average molecular weight is 410 g/mol. The van der Waals surface area contributed by atoms with Gasteiger partial charge < -0.3 is 15.1 Å². The van der Waals surface area contributed by atoms with Crippen LogP contribution in [0.4, 0.5) is 10.1 Å². The molecule has 0 bridgehead atoms. The van der Waals surface area contributed by atoms with Crippen LogP contribution in [0, 0.1) is 5.82 Å². The smallest absolute Gasteiger partial charge is 0.255 e. The molecule has 1 saturated heterocycles. The summed E-state index contributed by atoms with van der Waals surface area (Å²) in [4.78, 5) is 28.2. The second-order valence-corrected chi connectivity index (χ2v) is 6.94. The van der Waals surface area contributed by atoms with Gasteiger partial charge in [-0.3, -0.25) is 9.59 Å². The van der Waals surface area contributed by atoms with Gasteiger partial charge in [-0.05, 0) is 30.3 Å². The summed E-state index contributed by atoms with van der Waals surface area (Å²) in [6.45, 7) is 1.76. The van der Waals surface area contributed by atoms with E-state index >= 15 is 0 Å². The van der Waals surface area contributed by atoms with Crippen molar-refractivity contribution in [1.29, 1.82) is 0 Å². The van der Waals surface area contributed by atoms with E-state index in [2.05, 4.69) is 5.32 Å². The van der Waals surface area contributed by atoms with Gasteiger partial charge in [-0.15, -0.1) is 0 Å². The molecule has 0 spiro atoms. The molecule has 1 N–H and O–H groups in total. The Kier molecular flexibility index (Phi) is 6.19. The maximum absolute atomic E-state index is 13.1. The summed E-state index contributed by atoms with van der Waals surface area (Å²) in [6.07, 6.45) is 0. The van der Waals surface area contributed by atoms with Crippen molar-refractivity contribution in [2.24, 2.45) is 0 Å². The third kappa shape index (κ3) is 4.70. The number of anilines is 1. The van der Waals surface area contributed by atoms with Gasteiger partial charge in [0.1, 0.15) is 5.82 Å². The highest BCUT2D eigenvalue weighted by molar-refractivity contribution is 6.34. The molecular weight excluding hydrogens is 392 g/mol. The van der Waals surface area contributed by atoms with Gasteiger partial charge in [0.25, 0.3) is 5.91 Å². The number of hydrogen-bond acceptors (Lipinski definition) is 3. The second-order valence-electron chi connectivity index (χ2n) is 6.13. The van der Waals surface area contributed by atoms with Crippen molar-refractivity contribution in [2.45, 2.75) is 0 Å². The zero-order valence-corrected chi connectivity index (χ0v) is 15.9. The number of halogens is 3. The number of piperazine rings is 1. The Morgan fingerprint density at radius 1 is 0.963 bits per heavy atom. The molecular formula is C19H18Cl2FN3O2. The van der Waals surface area contributed by atoms with E-state index in [-0.39, 0.29) is 28.9 Å². The van der Waals surface area contributed by atoms with Crippen LogP contribution in [0.3, 0.4) is 0 Å². The SMILES string of the molecule is O=C(CNc1ccccc1Cl)N1CCN(C(=O)c2ccc(F)cc2Cl)CC1. The number of nitrogens with one attached hydrogen (secondary N) is 1. The summed E-state index contributed by atoms with van der Waals surface area (Å²) >= 11 is 12.0.